The Morgan fingerprint density at radius 2 is 1.76 bits per heavy atom. The molecule has 102 valence electrons. The van der Waals surface area contributed by atoms with E-state index in [9.17, 15) is 13.5 Å². The Bertz CT molecular complexity index is 317. The zero-order valence-corrected chi connectivity index (χ0v) is 11.7. The highest BCUT2D eigenvalue weighted by Crippen LogP contribution is 2.28. The van der Waals surface area contributed by atoms with E-state index in [4.69, 9.17) is 0 Å². The maximum absolute atomic E-state index is 11.8. The van der Waals surface area contributed by atoms with Gasteiger partial charge in [0.15, 0.2) is 0 Å². The molecule has 4 nitrogen and oxygen atoms in total. The summed E-state index contributed by atoms with van der Waals surface area (Å²) in [5, 5.41) is 10.1. The van der Waals surface area contributed by atoms with Crippen LogP contribution in [0.5, 0.6) is 0 Å². The van der Waals surface area contributed by atoms with E-state index in [1.165, 1.54) is 0 Å². The first kappa shape index (κ1) is 14.9. The molecule has 5 heteroatoms. The minimum Gasteiger partial charge on any atom is -0.389 e. The van der Waals surface area contributed by atoms with Crippen molar-refractivity contribution in [1.82, 2.24) is 4.72 Å². The highest BCUT2D eigenvalue weighted by molar-refractivity contribution is 7.89. The summed E-state index contributed by atoms with van der Waals surface area (Å²) in [6.45, 7) is 4.19. The van der Waals surface area contributed by atoms with Crippen LogP contribution in [0.15, 0.2) is 0 Å². The summed E-state index contributed by atoms with van der Waals surface area (Å²) in [5.41, 5.74) is -0.805. The highest BCUT2D eigenvalue weighted by Gasteiger charge is 2.32. The van der Waals surface area contributed by atoms with Gasteiger partial charge in [0.2, 0.25) is 10.0 Å². The lowest BCUT2D eigenvalue weighted by Crippen LogP contribution is -2.42. The molecule has 0 heterocycles. The van der Waals surface area contributed by atoms with Gasteiger partial charge in [0.25, 0.3) is 0 Å². The molecule has 1 fully saturated rings. The van der Waals surface area contributed by atoms with Gasteiger partial charge in [-0.2, -0.15) is 0 Å². The molecule has 0 aromatic rings. The lowest BCUT2D eigenvalue weighted by Gasteiger charge is -2.23. The zero-order valence-electron chi connectivity index (χ0n) is 10.9. The van der Waals surface area contributed by atoms with Crippen LogP contribution in [-0.4, -0.2) is 31.4 Å². The van der Waals surface area contributed by atoms with E-state index in [1.807, 2.05) is 13.8 Å². The average molecular weight is 263 g/mol. The second-order valence-electron chi connectivity index (χ2n) is 5.22. The van der Waals surface area contributed by atoms with Crippen LogP contribution in [0.1, 0.15) is 52.4 Å². The van der Waals surface area contributed by atoms with Crippen LogP contribution in [0.4, 0.5) is 0 Å². The molecular formula is C12H25NO3S. The Labute approximate surface area is 105 Å². The fourth-order valence-corrected chi connectivity index (χ4v) is 4.05. The van der Waals surface area contributed by atoms with Gasteiger partial charge < -0.3 is 5.11 Å². The molecule has 0 radical (unpaired) electrons. The molecule has 1 rings (SSSR count). The van der Waals surface area contributed by atoms with Gasteiger partial charge in [-0.05, 0) is 18.8 Å². The molecule has 0 amide bonds. The van der Waals surface area contributed by atoms with E-state index in [1.54, 1.807) is 0 Å². The summed E-state index contributed by atoms with van der Waals surface area (Å²) < 4.78 is 26.2. The van der Waals surface area contributed by atoms with Crippen molar-refractivity contribution >= 4 is 10.0 Å². The molecule has 17 heavy (non-hydrogen) atoms. The summed E-state index contributed by atoms with van der Waals surface area (Å²) >= 11 is 0. The second-order valence-corrected chi connectivity index (χ2v) is 7.07. The third kappa shape index (κ3) is 4.94. The maximum atomic E-state index is 11.8. The van der Waals surface area contributed by atoms with Crippen molar-refractivity contribution in [3.63, 3.8) is 0 Å². The first-order valence-electron chi connectivity index (χ1n) is 6.60. The monoisotopic (exact) mass is 263 g/mol. The molecule has 0 bridgehead atoms. The highest BCUT2D eigenvalue weighted by atomic mass is 32.2. The van der Waals surface area contributed by atoms with Crippen molar-refractivity contribution in [3.8, 4) is 0 Å². The Kier molecular flexibility index (Phi) is 5.41. The fraction of sp³-hybridized carbons (Fsp3) is 1.00. The predicted octanol–water partition coefficient (Wildman–Crippen LogP) is 1.65. The minimum absolute atomic E-state index is 0.176. The van der Waals surface area contributed by atoms with E-state index in [-0.39, 0.29) is 18.2 Å². The SMILES string of the molecule is CCC(CC)CS(=O)(=O)NCC1(O)CCCC1. The van der Waals surface area contributed by atoms with Crippen LogP contribution < -0.4 is 4.72 Å². The van der Waals surface area contributed by atoms with Crippen LogP contribution in [0.2, 0.25) is 0 Å². The van der Waals surface area contributed by atoms with Crippen molar-refractivity contribution in [1.29, 1.82) is 0 Å². The van der Waals surface area contributed by atoms with Gasteiger partial charge in [-0.1, -0.05) is 39.5 Å². The van der Waals surface area contributed by atoms with Crippen molar-refractivity contribution < 1.29 is 13.5 Å². The molecule has 1 saturated carbocycles. The van der Waals surface area contributed by atoms with Crippen LogP contribution >= 0.6 is 0 Å². The molecule has 1 aliphatic carbocycles. The normalized spacial score (nSPS) is 20.0. The average Bonchev–Trinajstić information content (AvgIpc) is 2.71. The van der Waals surface area contributed by atoms with Gasteiger partial charge in [-0.15, -0.1) is 0 Å². The lowest BCUT2D eigenvalue weighted by molar-refractivity contribution is 0.0531. The topological polar surface area (TPSA) is 66.4 Å². The summed E-state index contributed by atoms with van der Waals surface area (Å²) in [7, 11) is -3.24. The minimum atomic E-state index is -3.24. The van der Waals surface area contributed by atoms with E-state index < -0.39 is 15.6 Å². The Balaban J connectivity index is 2.44. The molecule has 0 aromatic carbocycles. The molecule has 0 aliphatic heterocycles. The number of hydrogen-bond donors (Lipinski definition) is 2. The molecule has 0 aromatic heterocycles. The van der Waals surface area contributed by atoms with Gasteiger partial charge in [-0.25, -0.2) is 13.1 Å². The van der Waals surface area contributed by atoms with Gasteiger partial charge in [-0.3, -0.25) is 0 Å². The molecular weight excluding hydrogens is 238 g/mol. The van der Waals surface area contributed by atoms with Crippen molar-refractivity contribution in [2.24, 2.45) is 5.92 Å². The van der Waals surface area contributed by atoms with E-state index in [2.05, 4.69) is 4.72 Å². The number of sulfonamides is 1. The third-order valence-corrected chi connectivity index (χ3v) is 5.26. The molecule has 2 N–H and O–H groups in total. The van der Waals surface area contributed by atoms with Gasteiger partial charge in [0.1, 0.15) is 0 Å². The first-order chi connectivity index (χ1) is 7.91. The first-order valence-corrected chi connectivity index (χ1v) is 8.26. The molecule has 0 unspecified atom stereocenters. The van der Waals surface area contributed by atoms with Crippen LogP contribution in [-0.2, 0) is 10.0 Å². The van der Waals surface area contributed by atoms with Gasteiger partial charge >= 0.3 is 0 Å². The Morgan fingerprint density at radius 3 is 2.24 bits per heavy atom. The van der Waals surface area contributed by atoms with E-state index >= 15 is 0 Å². The van der Waals surface area contributed by atoms with E-state index in [0.717, 1.165) is 25.7 Å². The smallest absolute Gasteiger partial charge is 0.211 e. The molecule has 0 saturated heterocycles. The fourth-order valence-electron chi connectivity index (χ4n) is 2.35. The largest absolute Gasteiger partial charge is 0.389 e. The summed E-state index contributed by atoms with van der Waals surface area (Å²) in [6.07, 6.45) is 5.15. The zero-order chi connectivity index (χ0) is 12.9. The summed E-state index contributed by atoms with van der Waals surface area (Å²) in [4.78, 5) is 0. The maximum Gasteiger partial charge on any atom is 0.211 e. The number of nitrogens with one attached hydrogen (secondary N) is 1. The number of hydrogen-bond acceptors (Lipinski definition) is 3. The van der Waals surface area contributed by atoms with Crippen LogP contribution in [0, 0.1) is 5.92 Å². The molecule has 0 spiro atoms. The quantitative estimate of drug-likeness (QED) is 0.734. The predicted molar refractivity (Wildman–Crippen MR) is 69.3 cm³/mol. The Hall–Kier alpha value is -0.130. The van der Waals surface area contributed by atoms with Gasteiger partial charge in [0, 0.05) is 6.54 Å². The van der Waals surface area contributed by atoms with E-state index in [0.29, 0.717) is 12.8 Å². The number of rotatable bonds is 7. The third-order valence-electron chi connectivity index (χ3n) is 3.77. The lowest BCUT2D eigenvalue weighted by atomic mass is 10.0. The Morgan fingerprint density at radius 1 is 1.24 bits per heavy atom. The van der Waals surface area contributed by atoms with Gasteiger partial charge in [0.05, 0.1) is 11.4 Å². The van der Waals surface area contributed by atoms with Crippen LogP contribution in [0.3, 0.4) is 0 Å². The summed E-state index contributed by atoms with van der Waals surface area (Å²) in [5.74, 6) is 0.390. The van der Waals surface area contributed by atoms with Crippen molar-refractivity contribution in [3.05, 3.63) is 0 Å². The van der Waals surface area contributed by atoms with Crippen LogP contribution in [0.25, 0.3) is 0 Å². The molecule has 1 aliphatic rings. The van der Waals surface area contributed by atoms with Crippen molar-refractivity contribution in [2.75, 3.05) is 12.3 Å². The standard InChI is InChI=1S/C12H25NO3S/c1-3-11(4-2)9-17(15,16)13-10-12(14)7-5-6-8-12/h11,13-14H,3-10H2,1-2H3. The van der Waals surface area contributed by atoms with Crippen molar-refractivity contribution in [2.45, 2.75) is 58.0 Å². The molecule has 0 atom stereocenters. The summed E-state index contributed by atoms with van der Waals surface area (Å²) in [6, 6.07) is 0. The second kappa shape index (κ2) is 6.16. The number of aliphatic hydroxyl groups is 1.